The van der Waals surface area contributed by atoms with Crippen LogP contribution in [0.25, 0.3) is 0 Å². The molecule has 0 heterocycles. The Labute approximate surface area is 97.8 Å². The molecule has 0 saturated heterocycles. The van der Waals surface area contributed by atoms with E-state index < -0.39 is 0 Å². The summed E-state index contributed by atoms with van der Waals surface area (Å²) in [6, 6.07) is 0. The van der Waals surface area contributed by atoms with Crippen molar-refractivity contribution in [1.82, 2.24) is 0 Å². The van der Waals surface area contributed by atoms with Gasteiger partial charge in [0.15, 0.2) is 0 Å². The number of hydrogen-bond acceptors (Lipinski definition) is 0. The molecular weight excluding hydrogens is 180 g/mol. The quantitative estimate of drug-likeness (QED) is 0.543. The Morgan fingerprint density at radius 3 is 1.47 bits per heavy atom. The SMILES string of the molecule is CCC(CC)C(CC)CC(C)C(C)(C)C. The Morgan fingerprint density at radius 2 is 1.20 bits per heavy atom. The largest absolute Gasteiger partial charge is 0.0651 e. The lowest BCUT2D eigenvalue weighted by Crippen LogP contribution is -2.23. The Hall–Kier alpha value is 0. The van der Waals surface area contributed by atoms with Gasteiger partial charge in [0.25, 0.3) is 0 Å². The van der Waals surface area contributed by atoms with Crippen molar-refractivity contribution in [2.24, 2.45) is 23.2 Å². The molecule has 0 aliphatic heterocycles. The summed E-state index contributed by atoms with van der Waals surface area (Å²) >= 11 is 0. The van der Waals surface area contributed by atoms with Gasteiger partial charge in [-0.3, -0.25) is 0 Å². The average molecular weight is 212 g/mol. The minimum Gasteiger partial charge on any atom is -0.0651 e. The van der Waals surface area contributed by atoms with Gasteiger partial charge in [-0.05, 0) is 29.6 Å². The molecule has 0 bridgehead atoms. The monoisotopic (exact) mass is 212 g/mol. The van der Waals surface area contributed by atoms with Gasteiger partial charge in [-0.2, -0.15) is 0 Å². The molecule has 0 aromatic rings. The maximum Gasteiger partial charge on any atom is -0.0357 e. The Morgan fingerprint density at radius 1 is 0.800 bits per heavy atom. The third-order valence-electron chi connectivity index (χ3n) is 4.37. The summed E-state index contributed by atoms with van der Waals surface area (Å²) in [6.07, 6.45) is 5.47. The lowest BCUT2D eigenvalue weighted by Gasteiger charge is -2.33. The van der Waals surface area contributed by atoms with Crippen LogP contribution >= 0.6 is 0 Å². The van der Waals surface area contributed by atoms with Crippen LogP contribution < -0.4 is 0 Å². The smallest absolute Gasteiger partial charge is 0.0357 e. The van der Waals surface area contributed by atoms with E-state index in [1.807, 2.05) is 0 Å². The standard InChI is InChI=1S/C15H32/c1-8-13(9-2)14(10-3)11-12(4)15(5,6)7/h12-14H,8-11H2,1-7H3. The van der Waals surface area contributed by atoms with Crippen molar-refractivity contribution in [3.63, 3.8) is 0 Å². The average Bonchev–Trinajstić information content (AvgIpc) is 2.16. The fraction of sp³-hybridized carbons (Fsp3) is 1.00. The zero-order valence-electron chi connectivity index (χ0n) is 12.1. The first-order valence-electron chi connectivity index (χ1n) is 6.86. The lowest BCUT2D eigenvalue weighted by atomic mass is 9.72. The maximum atomic E-state index is 2.42. The molecule has 0 aliphatic rings. The second kappa shape index (κ2) is 6.55. The van der Waals surface area contributed by atoms with Gasteiger partial charge in [-0.1, -0.05) is 67.7 Å². The van der Waals surface area contributed by atoms with Crippen LogP contribution in [-0.2, 0) is 0 Å². The van der Waals surface area contributed by atoms with Gasteiger partial charge in [-0.15, -0.1) is 0 Å². The highest BCUT2D eigenvalue weighted by Crippen LogP contribution is 2.36. The van der Waals surface area contributed by atoms with Crippen LogP contribution in [0.5, 0.6) is 0 Å². The van der Waals surface area contributed by atoms with E-state index in [-0.39, 0.29) is 0 Å². The fourth-order valence-electron chi connectivity index (χ4n) is 2.46. The van der Waals surface area contributed by atoms with Gasteiger partial charge in [-0.25, -0.2) is 0 Å². The molecule has 0 N–H and O–H groups in total. The van der Waals surface area contributed by atoms with Crippen molar-refractivity contribution in [3.05, 3.63) is 0 Å². The van der Waals surface area contributed by atoms with E-state index in [1.54, 1.807) is 0 Å². The van der Waals surface area contributed by atoms with Crippen LogP contribution in [-0.4, -0.2) is 0 Å². The zero-order valence-corrected chi connectivity index (χ0v) is 12.1. The third-order valence-corrected chi connectivity index (χ3v) is 4.37. The van der Waals surface area contributed by atoms with Crippen LogP contribution in [0, 0.1) is 23.2 Å². The molecular formula is C15H32. The molecule has 0 aromatic carbocycles. The van der Waals surface area contributed by atoms with E-state index >= 15 is 0 Å². The van der Waals surface area contributed by atoms with Crippen molar-refractivity contribution in [3.8, 4) is 0 Å². The molecule has 0 fully saturated rings. The predicted molar refractivity (Wildman–Crippen MR) is 71.1 cm³/mol. The molecule has 0 spiro atoms. The Bertz CT molecular complexity index is 148. The van der Waals surface area contributed by atoms with Crippen molar-refractivity contribution >= 4 is 0 Å². The minimum atomic E-state index is 0.472. The second-order valence-corrected chi connectivity index (χ2v) is 6.25. The van der Waals surface area contributed by atoms with Gasteiger partial charge in [0.2, 0.25) is 0 Å². The number of rotatable bonds is 6. The summed E-state index contributed by atoms with van der Waals surface area (Å²) in [5, 5.41) is 0. The molecule has 2 atom stereocenters. The molecule has 0 saturated carbocycles. The van der Waals surface area contributed by atoms with Crippen molar-refractivity contribution < 1.29 is 0 Å². The Balaban J connectivity index is 4.32. The highest BCUT2D eigenvalue weighted by molar-refractivity contribution is 4.76. The van der Waals surface area contributed by atoms with Crippen molar-refractivity contribution in [1.29, 1.82) is 0 Å². The van der Waals surface area contributed by atoms with Crippen molar-refractivity contribution in [2.45, 2.75) is 74.1 Å². The van der Waals surface area contributed by atoms with Crippen LogP contribution in [0.1, 0.15) is 74.1 Å². The van der Waals surface area contributed by atoms with E-state index in [0.717, 1.165) is 17.8 Å². The van der Waals surface area contributed by atoms with Crippen LogP contribution in [0.15, 0.2) is 0 Å². The molecule has 0 amide bonds. The topological polar surface area (TPSA) is 0 Å². The molecule has 2 unspecified atom stereocenters. The highest BCUT2D eigenvalue weighted by Gasteiger charge is 2.25. The van der Waals surface area contributed by atoms with Crippen LogP contribution in [0.4, 0.5) is 0 Å². The fourth-order valence-corrected chi connectivity index (χ4v) is 2.46. The lowest BCUT2D eigenvalue weighted by molar-refractivity contribution is 0.172. The summed E-state index contributed by atoms with van der Waals surface area (Å²) in [6.45, 7) is 16.6. The van der Waals surface area contributed by atoms with E-state index in [2.05, 4.69) is 48.5 Å². The van der Waals surface area contributed by atoms with Crippen LogP contribution in [0.3, 0.4) is 0 Å². The summed E-state index contributed by atoms with van der Waals surface area (Å²) in [5.41, 5.74) is 0.472. The summed E-state index contributed by atoms with van der Waals surface area (Å²) in [5.74, 6) is 2.72. The van der Waals surface area contributed by atoms with E-state index in [0.29, 0.717) is 5.41 Å². The highest BCUT2D eigenvalue weighted by atomic mass is 14.3. The van der Waals surface area contributed by atoms with Gasteiger partial charge >= 0.3 is 0 Å². The normalized spacial score (nSPS) is 16.8. The molecule has 0 radical (unpaired) electrons. The van der Waals surface area contributed by atoms with Crippen molar-refractivity contribution in [2.75, 3.05) is 0 Å². The summed E-state index contributed by atoms with van der Waals surface area (Å²) in [4.78, 5) is 0. The molecule has 0 aromatic heterocycles. The molecule has 15 heavy (non-hydrogen) atoms. The second-order valence-electron chi connectivity index (χ2n) is 6.25. The molecule has 0 heteroatoms. The molecule has 92 valence electrons. The van der Waals surface area contributed by atoms with Crippen LogP contribution in [0.2, 0.25) is 0 Å². The van der Waals surface area contributed by atoms with E-state index in [4.69, 9.17) is 0 Å². The minimum absolute atomic E-state index is 0.472. The Kier molecular flexibility index (Phi) is 6.55. The predicted octanol–water partition coefficient (Wildman–Crippen LogP) is 5.52. The van der Waals surface area contributed by atoms with Gasteiger partial charge in [0.1, 0.15) is 0 Å². The maximum absolute atomic E-state index is 2.42. The van der Waals surface area contributed by atoms with Gasteiger partial charge in [0.05, 0.1) is 0 Å². The first-order valence-corrected chi connectivity index (χ1v) is 6.86. The zero-order chi connectivity index (χ0) is 12.1. The summed E-state index contributed by atoms with van der Waals surface area (Å²) in [7, 11) is 0. The summed E-state index contributed by atoms with van der Waals surface area (Å²) < 4.78 is 0. The molecule has 0 rings (SSSR count). The van der Waals surface area contributed by atoms with E-state index in [1.165, 1.54) is 25.7 Å². The van der Waals surface area contributed by atoms with Gasteiger partial charge < -0.3 is 0 Å². The third kappa shape index (κ3) is 5.04. The number of hydrogen-bond donors (Lipinski definition) is 0. The van der Waals surface area contributed by atoms with Gasteiger partial charge in [0, 0.05) is 0 Å². The molecule has 0 nitrogen and oxygen atoms in total. The molecule has 0 aliphatic carbocycles. The first-order chi connectivity index (χ1) is 6.86. The van der Waals surface area contributed by atoms with E-state index in [9.17, 15) is 0 Å². The first kappa shape index (κ1) is 15.0.